The van der Waals surface area contributed by atoms with Gasteiger partial charge < -0.3 is 15.7 Å². The lowest BCUT2D eigenvalue weighted by Gasteiger charge is -2.04. The molecule has 0 bridgehead atoms. The van der Waals surface area contributed by atoms with Crippen molar-refractivity contribution in [2.45, 2.75) is 6.92 Å². The Labute approximate surface area is 87.6 Å². The predicted octanol–water partition coefficient (Wildman–Crippen LogP) is -1.04. The van der Waals surface area contributed by atoms with E-state index in [1.54, 1.807) is 0 Å². The van der Waals surface area contributed by atoms with Crippen LogP contribution >= 0.6 is 11.8 Å². The highest BCUT2D eigenvalue weighted by molar-refractivity contribution is 7.99. The van der Waals surface area contributed by atoms with Crippen LogP contribution in [0.3, 0.4) is 0 Å². The number of hydrogen-bond donors (Lipinski definition) is 3. The van der Waals surface area contributed by atoms with Crippen molar-refractivity contribution in [1.29, 1.82) is 0 Å². The van der Waals surface area contributed by atoms with Gasteiger partial charge in [0.25, 0.3) is 0 Å². The summed E-state index contributed by atoms with van der Waals surface area (Å²) in [6.45, 7) is 2.41. The van der Waals surface area contributed by atoms with Crippen molar-refractivity contribution in [2.75, 3.05) is 31.2 Å². The third-order valence-electron chi connectivity index (χ3n) is 1.29. The maximum atomic E-state index is 11.0. The summed E-state index contributed by atoms with van der Waals surface area (Å²) >= 11 is 1.38. The number of nitrogens with one attached hydrogen (secondary N) is 2. The summed E-state index contributed by atoms with van der Waals surface area (Å²) in [6, 6.07) is 0. The molecule has 0 atom stereocenters. The van der Waals surface area contributed by atoms with E-state index < -0.39 is 0 Å². The fourth-order valence-electron chi connectivity index (χ4n) is 0.721. The van der Waals surface area contributed by atoms with Gasteiger partial charge in [-0.25, -0.2) is 0 Å². The minimum absolute atomic E-state index is 0.0752. The normalized spacial score (nSPS) is 9.57. The van der Waals surface area contributed by atoms with Gasteiger partial charge in [0, 0.05) is 25.8 Å². The van der Waals surface area contributed by atoms with Crippen LogP contribution in [-0.4, -0.2) is 48.1 Å². The van der Waals surface area contributed by atoms with E-state index in [2.05, 4.69) is 10.6 Å². The van der Waals surface area contributed by atoms with Crippen molar-refractivity contribution < 1.29 is 14.7 Å². The monoisotopic (exact) mass is 220 g/mol. The van der Waals surface area contributed by atoms with Gasteiger partial charge in [-0.3, -0.25) is 9.59 Å². The van der Waals surface area contributed by atoms with Crippen LogP contribution in [0, 0.1) is 0 Å². The number of rotatable bonds is 7. The van der Waals surface area contributed by atoms with Crippen LogP contribution in [-0.2, 0) is 9.59 Å². The van der Waals surface area contributed by atoms with Crippen molar-refractivity contribution in [3.63, 3.8) is 0 Å². The van der Waals surface area contributed by atoms with Crippen LogP contribution < -0.4 is 10.6 Å². The number of carbonyl (C=O) groups is 2. The molecule has 0 rings (SSSR count). The first-order valence-corrected chi connectivity index (χ1v) is 5.52. The number of aliphatic hydroxyl groups excluding tert-OH is 1. The fourth-order valence-corrected chi connectivity index (χ4v) is 1.28. The van der Waals surface area contributed by atoms with Gasteiger partial charge in [-0.1, -0.05) is 0 Å². The Hall–Kier alpha value is -0.750. The number of thioether (sulfide) groups is 1. The molecule has 0 radical (unpaired) electrons. The van der Waals surface area contributed by atoms with Gasteiger partial charge in [-0.2, -0.15) is 0 Å². The lowest BCUT2D eigenvalue weighted by Crippen LogP contribution is -2.34. The van der Waals surface area contributed by atoms with Crippen molar-refractivity contribution in [3.8, 4) is 0 Å². The molecule has 82 valence electrons. The van der Waals surface area contributed by atoms with Crippen LogP contribution in [0.2, 0.25) is 0 Å². The van der Waals surface area contributed by atoms with E-state index in [0.717, 1.165) is 0 Å². The van der Waals surface area contributed by atoms with Gasteiger partial charge in [0.2, 0.25) is 11.8 Å². The Bertz CT molecular complexity index is 187. The lowest BCUT2D eigenvalue weighted by molar-refractivity contribution is -0.120. The molecule has 0 aromatic carbocycles. The van der Waals surface area contributed by atoms with Crippen molar-refractivity contribution in [1.82, 2.24) is 10.6 Å². The molecule has 0 unspecified atom stereocenters. The van der Waals surface area contributed by atoms with E-state index in [0.29, 0.717) is 24.6 Å². The van der Waals surface area contributed by atoms with Crippen LogP contribution in [0.4, 0.5) is 0 Å². The third-order valence-corrected chi connectivity index (χ3v) is 2.23. The topological polar surface area (TPSA) is 78.4 Å². The number of carbonyl (C=O) groups excluding carboxylic acids is 2. The molecule has 0 aliphatic heterocycles. The van der Waals surface area contributed by atoms with Crippen molar-refractivity contribution in [2.24, 2.45) is 0 Å². The molecular formula is C8H16N2O3S. The quantitative estimate of drug-likeness (QED) is 0.479. The molecule has 0 heterocycles. The molecule has 0 aromatic heterocycles. The molecule has 0 spiro atoms. The molecule has 0 aliphatic rings. The van der Waals surface area contributed by atoms with Gasteiger partial charge in [0.15, 0.2) is 0 Å². The zero-order valence-electron chi connectivity index (χ0n) is 8.21. The first-order valence-electron chi connectivity index (χ1n) is 4.36. The Morgan fingerprint density at radius 2 is 1.93 bits per heavy atom. The molecule has 6 heteroatoms. The molecule has 14 heavy (non-hydrogen) atoms. The molecule has 0 aromatic rings. The van der Waals surface area contributed by atoms with Gasteiger partial charge in [-0.05, 0) is 0 Å². The summed E-state index contributed by atoms with van der Waals surface area (Å²) < 4.78 is 0. The average molecular weight is 220 g/mol. The Balaban J connectivity index is 3.22. The smallest absolute Gasteiger partial charge is 0.230 e. The summed E-state index contributed by atoms with van der Waals surface area (Å²) in [5.41, 5.74) is 0. The first kappa shape index (κ1) is 13.2. The highest BCUT2D eigenvalue weighted by Gasteiger charge is 1.99. The van der Waals surface area contributed by atoms with Crippen molar-refractivity contribution >= 4 is 23.6 Å². The minimum Gasteiger partial charge on any atom is -0.396 e. The molecule has 3 N–H and O–H groups in total. The highest BCUT2D eigenvalue weighted by Crippen LogP contribution is 1.96. The van der Waals surface area contributed by atoms with Crippen LogP contribution in [0.1, 0.15) is 6.92 Å². The largest absolute Gasteiger partial charge is 0.396 e. The summed E-state index contributed by atoms with van der Waals surface area (Å²) in [6.07, 6.45) is 0. The maximum absolute atomic E-state index is 11.0. The maximum Gasteiger partial charge on any atom is 0.230 e. The highest BCUT2D eigenvalue weighted by atomic mass is 32.2. The van der Waals surface area contributed by atoms with E-state index in [1.807, 2.05) is 0 Å². The summed E-state index contributed by atoms with van der Waals surface area (Å²) in [7, 11) is 0. The number of aliphatic hydroxyl groups is 1. The van der Waals surface area contributed by atoms with E-state index in [9.17, 15) is 9.59 Å². The van der Waals surface area contributed by atoms with Gasteiger partial charge in [0.05, 0.1) is 12.4 Å². The summed E-state index contributed by atoms with van der Waals surface area (Å²) in [5, 5.41) is 13.7. The van der Waals surface area contributed by atoms with Crippen LogP contribution in [0.5, 0.6) is 0 Å². The van der Waals surface area contributed by atoms with Gasteiger partial charge >= 0.3 is 0 Å². The third kappa shape index (κ3) is 9.34. The van der Waals surface area contributed by atoms with Crippen LogP contribution in [0.15, 0.2) is 0 Å². The second kappa shape index (κ2) is 8.83. The lowest BCUT2D eigenvalue weighted by atomic mass is 10.5. The molecule has 0 saturated carbocycles. The second-order valence-corrected chi connectivity index (χ2v) is 3.71. The summed E-state index contributed by atoms with van der Waals surface area (Å²) in [5.74, 6) is 0.738. The summed E-state index contributed by atoms with van der Waals surface area (Å²) in [4.78, 5) is 21.5. The molecule has 0 saturated heterocycles. The van der Waals surface area contributed by atoms with E-state index >= 15 is 0 Å². The average Bonchev–Trinajstić information content (AvgIpc) is 2.13. The second-order valence-electron chi connectivity index (χ2n) is 2.61. The van der Waals surface area contributed by atoms with Crippen LogP contribution in [0.25, 0.3) is 0 Å². The molecule has 0 fully saturated rings. The zero-order valence-corrected chi connectivity index (χ0v) is 9.02. The first-order chi connectivity index (χ1) is 6.66. The van der Waals surface area contributed by atoms with Crippen molar-refractivity contribution in [3.05, 3.63) is 0 Å². The number of amides is 2. The SMILES string of the molecule is CC(=O)NCCNC(=O)CSCCO. The standard InChI is InChI=1S/C8H16N2O3S/c1-7(12)9-2-3-10-8(13)6-14-5-4-11/h11H,2-6H2,1H3,(H,9,12)(H,10,13). The Morgan fingerprint density at radius 1 is 1.29 bits per heavy atom. The van der Waals surface area contributed by atoms with Gasteiger partial charge in [0.1, 0.15) is 0 Å². The predicted molar refractivity (Wildman–Crippen MR) is 56.1 cm³/mol. The zero-order chi connectivity index (χ0) is 10.8. The van der Waals surface area contributed by atoms with E-state index in [-0.39, 0.29) is 18.4 Å². The van der Waals surface area contributed by atoms with Gasteiger partial charge in [-0.15, -0.1) is 11.8 Å². The molecular weight excluding hydrogens is 204 g/mol. The van der Waals surface area contributed by atoms with E-state index in [1.165, 1.54) is 18.7 Å². The van der Waals surface area contributed by atoms with E-state index in [4.69, 9.17) is 5.11 Å². The number of hydrogen-bond acceptors (Lipinski definition) is 4. The Morgan fingerprint density at radius 3 is 2.50 bits per heavy atom. The molecule has 2 amide bonds. The fraction of sp³-hybridized carbons (Fsp3) is 0.750. The minimum atomic E-state index is -0.103. The molecule has 0 aliphatic carbocycles. The molecule has 5 nitrogen and oxygen atoms in total. The Kier molecular flexibility index (Phi) is 8.36.